The molecule has 0 spiro atoms. The van der Waals surface area contributed by atoms with Crippen LogP contribution in [0, 0.1) is 5.82 Å². The van der Waals surface area contributed by atoms with Crippen LogP contribution in [-0.4, -0.2) is 22.2 Å². The van der Waals surface area contributed by atoms with E-state index in [1.165, 1.54) is 12.1 Å². The molecule has 0 saturated carbocycles. The molecule has 0 fully saturated rings. The Bertz CT molecular complexity index is 441. The van der Waals surface area contributed by atoms with Crippen molar-refractivity contribution >= 4 is 23.6 Å². The minimum absolute atomic E-state index is 0.264. The largest absolute Gasteiger partial charge is 0.505 e. The molecule has 1 aromatic heterocycles. The Labute approximate surface area is 74.0 Å². The molecule has 3 N–H and O–H groups in total. The highest BCUT2D eigenvalue weighted by atomic mass is 19.1. The summed E-state index contributed by atoms with van der Waals surface area (Å²) in [5.41, 5.74) is 0.823. The molecule has 0 aliphatic heterocycles. The van der Waals surface area contributed by atoms with E-state index in [-0.39, 0.29) is 11.4 Å². The zero-order valence-electron chi connectivity index (χ0n) is 6.66. The quantitative estimate of drug-likeness (QED) is 0.539. The molecule has 1 aromatic carbocycles. The van der Waals surface area contributed by atoms with Crippen LogP contribution in [0.5, 0.6) is 0 Å². The van der Waals surface area contributed by atoms with Gasteiger partial charge >= 0.3 is 7.12 Å². The summed E-state index contributed by atoms with van der Waals surface area (Å²) < 4.78 is 12.7. The van der Waals surface area contributed by atoms with E-state index in [2.05, 4.69) is 4.98 Å². The topological polar surface area (TPSA) is 56.2 Å². The molecule has 13 heavy (non-hydrogen) atoms. The first kappa shape index (κ1) is 8.28. The Morgan fingerprint density at radius 2 is 2.00 bits per heavy atom. The lowest BCUT2D eigenvalue weighted by Gasteiger charge is -1.90. The van der Waals surface area contributed by atoms with E-state index in [9.17, 15) is 4.39 Å². The van der Waals surface area contributed by atoms with Gasteiger partial charge in [-0.3, -0.25) is 0 Å². The van der Waals surface area contributed by atoms with Crippen LogP contribution in [0.3, 0.4) is 0 Å². The lowest BCUT2D eigenvalue weighted by Crippen LogP contribution is -2.30. The molecule has 0 amide bonds. The average Bonchev–Trinajstić information content (AvgIpc) is 2.46. The number of hydrogen-bond donors (Lipinski definition) is 3. The number of fused-ring (bicyclic) bond motifs is 1. The SMILES string of the molecule is OB(O)c1cc2ccc(F)cc2[nH]1. The molecule has 0 saturated heterocycles. The highest BCUT2D eigenvalue weighted by Crippen LogP contribution is 2.11. The molecule has 5 heteroatoms. The van der Waals surface area contributed by atoms with Gasteiger partial charge < -0.3 is 15.0 Å². The monoisotopic (exact) mass is 179 g/mol. The summed E-state index contributed by atoms with van der Waals surface area (Å²) >= 11 is 0. The number of halogens is 1. The van der Waals surface area contributed by atoms with Gasteiger partial charge in [-0.25, -0.2) is 4.39 Å². The fraction of sp³-hybridized carbons (Fsp3) is 0. The number of nitrogens with one attached hydrogen (secondary N) is 1. The highest BCUT2D eigenvalue weighted by molar-refractivity contribution is 6.58. The third-order valence-electron chi connectivity index (χ3n) is 1.88. The molecule has 0 bridgehead atoms. The second-order valence-corrected chi connectivity index (χ2v) is 2.83. The predicted octanol–water partition coefficient (Wildman–Crippen LogP) is -0.0132. The smallest absolute Gasteiger partial charge is 0.422 e. The zero-order valence-corrected chi connectivity index (χ0v) is 6.66. The van der Waals surface area contributed by atoms with Crippen molar-refractivity contribution in [2.45, 2.75) is 0 Å². The van der Waals surface area contributed by atoms with E-state index < -0.39 is 7.12 Å². The van der Waals surface area contributed by atoms with Gasteiger partial charge in [0, 0.05) is 11.1 Å². The molecule has 2 rings (SSSR count). The summed E-state index contributed by atoms with van der Waals surface area (Å²) in [5.74, 6) is -0.353. The van der Waals surface area contributed by atoms with Gasteiger partial charge in [0.25, 0.3) is 0 Å². The van der Waals surface area contributed by atoms with Crippen molar-refractivity contribution in [2.24, 2.45) is 0 Å². The molecular weight excluding hydrogens is 172 g/mol. The van der Waals surface area contributed by atoms with Crippen LogP contribution in [0.25, 0.3) is 10.9 Å². The van der Waals surface area contributed by atoms with E-state index in [4.69, 9.17) is 10.0 Å². The first-order valence-corrected chi connectivity index (χ1v) is 3.81. The van der Waals surface area contributed by atoms with E-state index in [0.29, 0.717) is 5.52 Å². The van der Waals surface area contributed by atoms with Gasteiger partial charge in [-0.05, 0) is 29.7 Å². The molecule has 1 heterocycles. The van der Waals surface area contributed by atoms with E-state index in [1.54, 1.807) is 12.1 Å². The fourth-order valence-corrected chi connectivity index (χ4v) is 1.26. The molecule has 0 aliphatic rings. The Balaban J connectivity index is 2.62. The summed E-state index contributed by atoms with van der Waals surface area (Å²) in [6.45, 7) is 0. The number of benzene rings is 1. The van der Waals surface area contributed by atoms with Gasteiger partial charge in [-0.15, -0.1) is 0 Å². The molecule has 0 atom stereocenters. The molecule has 0 aliphatic carbocycles. The van der Waals surface area contributed by atoms with Gasteiger partial charge in [0.15, 0.2) is 0 Å². The number of aromatic nitrogens is 1. The normalized spacial score (nSPS) is 10.7. The minimum atomic E-state index is -1.55. The minimum Gasteiger partial charge on any atom is -0.422 e. The summed E-state index contributed by atoms with van der Waals surface area (Å²) in [6, 6.07) is 5.78. The van der Waals surface area contributed by atoms with Crippen LogP contribution >= 0.6 is 0 Å². The maximum Gasteiger partial charge on any atom is 0.505 e. The van der Waals surface area contributed by atoms with Crippen molar-refractivity contribution in [3.05, 3.63) is 30.1 Å². The van der Waals surface area contributed by atoms with Crippen molar-refractivity contribution in [2.75, 3.05) is 0 Å². The van der Waals surface area contributed by atoms with Crippen LogP contribution in [0.15, 0.2) is 24.3 Å². The molecular formula is C8H7BFNO2. The van der Waals surface area contributed by atoms with Crippen LogP contribution in [0.4, 0.5) is 4.39 Å². The van der Waals surface area contributed by atoms with Gasteiger partial charge in [-0.2, -0.15) is 0 Å². The maximum absolute atomic E-state index is 12.7. The van der Waals surface area contributed by atoms with Crippen molar-refractivity contribution in [1.82, 2.24) is 4.98 Å². The number of aromatic amines is 1. The Kier molecular flexibility index (Phi) is 1.83. The Morgan fingerprint density at radius 3 is 2.69 bits per heavy atom. The molecule has 0 unspecified atom stereocenters. The second-order valence-electron chi connectivity index (χ2n) is 2.83. The van der Waals surface area contributed by atoms with Gasteiger partial charge in [0.2, 0.25) is 0 Å². The number of H-pyrrole nitrogens is 1. The lowest BCUT2D eigenvalue weighted by atomic mass is 9.87. The molecule has 0 radical (unpaired) electrons. The number of hydrogen-bond acceptors (Lipinski definition) is 2. The zero-order chi connectivity index (χ0) is 9.42. The van der Waals surface area contributed by atoms with Crippen molar-refractivity contribution in [3.8, 4) is 0 Å². The third kappa shape index (κ3) is 1.43. The summed E-state index contributed by atoms with van der Waals surface area (Å²) in [5, 5.41) is 18.4. The Morgan fingerprint density at radius 1 is 1.23 bits per heavy atom. The van der Waals surface area contributed by atoms with Crippen LogP contribution < -0.4 is 5.59 Å². The fourth-order valence-electron chi connectivity index (χ4n) is 1.26. The molecule has 2 aromatic rings. The van der Waals surface area contributed by atoms with Gasteiger partial charge in [0.1, 0.15) is 5.82 Å². The van der Waals surface area contributed by atoms with Crippen LogP contribution in [-0.2, 0) is 0 Å². The van der Waals surface area contributed by atoms with Crippen molar-refractivity contribution < 1.29 is 14.4 Å². The first-order chi connectivity index (χ1) is 6.16. The average molecular weight is 179 g/mol. The van der Waals surface area contributed by atoms with E-state index >= 15 is 0 Å². The first-order valence-electron chi connectivity index (χ1n) is 3.81. The molecule has 66 valence electrons. The maximum atomic E-state index is 12.7. The lowest BCUT2D eigenvalue weighted by molar-refractivity contribution is 0.424. The summed E-state index contributed by atoms with van der Waals surface area (Å²) in [6.07, 6.45) is 0. The van der Waals surface area contributed by atoms with Crippen molar-refractivity contribution in [1.29, 1.82) is 0 Å². The van der Waals surface area contributed by atoms with Crippen LogP contribution in [0.1, 0.15) is 0 Å². The van der Waals surface area contributed by atoms with E-state index in [1.807, 2.05) is 0 Å². The van der Waals surface area contributed by atoms with Crippen molar-refractivity contribution in [3.63, 3.8) is 0 Å². The summed E-state index contributed by atoms with van der Waals surface area (Å²) in [4.78, 5) is 2.70. The highest BCUT2D eigenvalue weighted by Gasteiger charge is 2.13. The van der Waals surface area contributed by atoms with Gasteiger partial charge in [0.05, 0.1) is 0 Å². The predicted molar refractivity (Wildman–Crippen MR) is 48.1 cm³/mol. The van der Waals surface area contributed by atoms with Gasteiger partial charge in [-0.1, -0.05) is 0 Å². The number of rotatable bonds is 1. The standard InChI is InChI=1S/C8H7BFNO2/c10-6-2-1-5-3-8(9(12)13)11-7(5)4-6/h1-4,11-13H. The third-order valence-corrected chi connectivity index (χ3v) is 1.88. The second kappa shape index (κ2) is 2.87. The van der Waals surface area contributed by atoms with Crippen LogP contribution in [0.2, 0.25) is 0 Å². The summed E-state index contributed by atoms with van der Waals surface area (Å²) in [7, 11) is -1.55. The Hall–Kier alpha value is -1.33. The van der Waals surface area contributed by atoms with E-state index in [0.717, 1.165) is 5.39 Å². The molecule has 3 nitrogen and oxygen atoms in total.